The van der Waals surface area contributed by atoms with Crippen LogP contribution in [0.5, 0.6) is 0 Å². The molecule has 0 aromatic heterocycles. The van der Waals surface area contributed by atoms with E-state index >= 15 is 0 Å². The molecule has 1 fully saturated rings. The van der Waals surface area contributed by atoms with E-state index in [1.54, 1.807) is 32.9 Å². The zero-order chi connectivity index (χ0) is 24.1. The number of benzene rings is 1. The van der Waals surface area contributed by atoms with E-state index in [4.69, 9.17) is 4.74 Å². The number of carbonyl (C=O) groups is 2. The molecule has 1 aliphatic heterocycles. The quantitative estimate of drug-likeness (QED) is 0.516. The summed E-state index contributed by atoms with van der Waals surface area (Å²) in [6.07, 6.45) is 1.79. The molecule has 0 spiro atoms. The molecule has 180 valence electrons. The van der Waals surface area contributed by atoms with E-state index in [1.165, 1.54) is 14.7 Å². The molecule has 1 heterocycles. The molecule has 1 N–H and O–H groups in total. The molecule has 2 rings (SSSR count). The number of nitrogens with zero attached hydrogens (tertiary/aromatic N) is 2. The van der Waals surface area contributed by atoms with Crippen molar-refractivity contribution in [2.75, 3.05) is 44.4 Å². The molecular formula is C20H31N3O7S2. The summed E-state index contributed by atoms with van der Waals surface area (Å²) in [5, 5.41) is 2.56. The molecule has 32 heavy (non-hydrogen) atoms. The Kier molecular flexibility index (Phi) is 8.80. The number of nitrogens with one attached hydrogen (secondary N) is 1. The van der Waals surface area contributed by atoms with E-state index in [9.17, 15) is 26.4 Å². The molecule has 1 saturated heterocycles. The smallest absolute Gasteiger partial charge is 0.309 e. The largest absolute Gasteiger partial charge is 0.455 e. The van der Waals surface area contributed by atoms with Gasteiger partial charge in [0.2, 0.25) is 20.0 Å². The number of anilines is 1. The van der Waals surface area contributed by atoms with E-state index in [2.05, 4.69) is 5.32 Å². The van der Waals surface area contributed by atoms with Crippen LogP contribution in [0.1, 0.15) is 32.3 Å². The van der Waals surface area contributed by atoms with Gasteiger partial charge in [-0.15, -0.1) is 0 Å². The second kappa shape index (κ2) is 10.7. The average Bonchev–Trinajstić information content (AvgIpc) is 2.73. The molecule has 1 aromatic rings. The zero-order valence-electron chi connectivity index (χ0n) is 18.8. The van der Waals surface area contributed by atoms with E-state index in [1.807, 2.05) is 0 Å². The minimum absolute atomic E-state index is 0.105. The lowest BCUT2D eigenvalue weighted by atomic mass is 9.98. The van der Waals surface area contributed by atoms with Crippen LogP contribution in [-0.4, -0.2) is 76.4 Å². The average molecular weight is 490 g/mol. The summed E-state index contributed by atoms with van der Waals surface area (Å²) in [6, 6.07) is 4.58. The van der Waals surface area contributed by atoms with Crippen molar-refractivity contribution in [3.63, 3.8) is 0 Å². The molecule has 10 nitrogen and oxygen atoms in total. The Hall–Kier alpha value is -2.02. The molecule has 0 bridgehead atoms. The summed E-state index contributed by atoms with van der Waals surface area (Å²) in [6.45, 7) is 5.79. The zero-order valence-corrected chi connectivity index (χ0v) is 20.5. The lowest BCUT2D eigenvalue weighted by Crippen LogP contribution is -2.40. The van der Waals surface area contributed by atoms with Crippen molar-refractivity contribution in [3.05, 3.63) is 23.8 Å². The number of hydrogen-bond donors (Lipinski definition) is 1. The third-order valence-electron chi connectivity index (χ3n) is 5.40. The maximum atomic E-state index is 12.8. The standard InChI is InChI=1S/C20H31N3O7S2/c1-5-22(6-2)32(28,29)18-13-17(8-7-15(18)3)21-19(24)14-30-20(25)16-9-11-23(12-10-16)31(4,26)27/h7-8,13,16H,5-6,9-12,14H2,1-4H3,(H,21,24). The van der Waals surface area contributed by atoms with Crippen LogP contribution in [0.2, 0.25) is 0 Å². The molecule has 0 aliphatic carbocycles. The van der Waals surface area contributed by atoms with Crippen molar-refractivity contribution in [1.29, 1.82) is 0 Å². The number of piperidine rings is 1. The van der Waals surface area contributed by atoms with Crippen LogP contribution >= 0.6 is 0 Å². The van der Waals surface area contributed by atoms with Crippen LogP contribution in [0.3, 0.4) is 0 Å². The first-order valence-corrected chi connectivity index (χ1v) is 13.7. The minimum atomic E-state index is -3.70. The fraction of sp³-hybridized carbons (Fsp3) is 0.600. The second-order valence-electron chi connectivity index (χ2n) is 7.66. The topological polar surface area (TPSA) is 130 Å². The van der Waals surface area contributed by atoms with Gasteiger partial charge in [-0.05, 0) is 37.5 Å². The normalized spacial score (nSPS) is 16.2. The lowest BCUT2D eigenvalue weighted by molar-refractivity contribution is -0.152. The maximum Gasteiger partial charge on any atom is 0.309 e. The summed E-state index contributed by atoms with van der Waals surface area (Å²) in [7, 11) is -6.99. The van der Waals surface area contributed by atoms with Gasteiger partial charge in [0.05, 0.1) is 17.1 Å². The highest BCUT2D eigenvalue weighted by atomic mass is 32.2. The molecule has 0 radical (unpaired) electrons. The van der Waals surface area contributed by atoms with E-state index in [-0.39, 0.29) is 23.7 Å². The molecule has 0 saturated carbocycles. The molecule has 12 heteroatoms. The summed E-state index contributed by atoms with van der Waals surface area (Å²) < 4.78 is 56.5. The first-order valence-electron chi connectivity index (χ1n) is 10.4. The Bertz CT molecular complexity index is 1040. The van der Waals surface area contributed by atoms with Crippen molar-refractivity contribution in [2.45, 2.75) is 38.5 Å². The Morgan fingerprint density at radius 2 is 1.72 bits per heavy atom. The molecule has 1 aliphatic rings. The van der Waals surface area contributed by atoms with E-state index in [0.29, 0.717) is 31.5 Å². The summed E-state index contributed by atoms with van der Waals surface area (Å²) in [5.41, 5.74) is 0.839. The Morgan fingerprint density at radius 3 is 2.25 bits per heavy atom. The van der Waals surface area contributed by atoms with Crippen molar-refractivity contribution < 1.29 is 31.2 Å². The summed E-state index contributed by atoms with van der Waals surface area (Å²) >= 11 is 0. The highest BCUT2D eigenvalue weighted by Crippen LogP contribution is 2.24. The van der Waals surface area contributed by atoms with Gasteiger partial charge in [0, 0.05) is 31.9 Å². The first-order chi connectivity index (χ1) is 14.9. The number of amides is 1. The number of aryl methyl sites for hydroxylation is 1. The fourth-order valence-electron chi connectivity index (χ4n) is 3.53. The number of sulfonamides is 2. The maximum absolute atomic E-state index is 12.8. The summed E-state index contributed by atoms with van der Waals surface area (Å²) in [4.78, 5) is 24.6. The van der Waals surface area contributed by atoms with Gasteiger partial charge in [-0.1, -0.05) is 19.9 Å². The Labute approximate surface area is 190 Å². The van der Waals surface area contributed by atoms with Crippen LogP contribution < -0.4 is 5.32 Å². The third kappa shape index (κ3) is 6.50. The van der Waals surface area contributed by atoms with Gasteiger partial charge in [0.1, 0.15) is 0 Å². The number of esters is 1. The third-order valence-corrected chi connectivity index (χ3v) is 8.89. The molecule has 1 amide bonds. The highest BCUT2D eigenvalue weighted by Gasteiger charge is 2.30. The Morgan fingerprint density at radius 1 is 1.12 bits per heavy atom. The summed E-state index contributed by atoms with van der Waals surface area (Å²) in [5.74, 6) is -1.62. The van der Waals surface area contributed by atoms with E-state index < -0.39 is 44.4 Å². The van der Waals surface area contributed by atoms with Gasteiger partial charge >= 0.3 is 5.97 Å². The van der Waals surface area contributed by atoms with Crippen molar-refractivity contribution in [1.82, 2.24) is 8.61 Å². The molecule has 1 aromatic carbocycles. The SMILES string of the molecule is CCN(CC)S(=O)(=O)c1cc(NC(=O)COC(=O)C2CCN(S(C)(=O)=O)CC2)ccc1C. The lowest BCUT2D eigenvalue weighted by Gasteiger charge is -2.28. The van der Waals surface area contributed by atoms with Crippen molar-refractivity contribution >= 4 is 37.6 Å². The fourth-order valence-corrected chi connectivity index (χ4v) is 6.12. The van der Waals surface area contributed by atoms with Gasteiger partial charge < -0.3 is 10.1 Å². The monoisotopic (exact) mass is 489 g/mol. The predicted molar refractivity (Wildman–Crippen MR) is 120 cm³/mol. The van der Waals surface area contributed by atoms with Gasteiger partial charge in [-0.3, -0.25) is 9.59 Å². The van der Waals surface area contributed by atoms with Crippen LogP contribution in [-0.2, 0) is 34.4 Å². The minimum Gasteiger partial charge on any atom is -0.455 e. The van der Waals surface area contributed by atoms with E-state index in [0.717, 1.165) is 6.26 Å². The first kappa shape index (κ1) is 26.2. The number of carbonyl (C=O) groups excluding carboxylic acids is 2. The Balaban J connectivity index is 1.96. The second-order valence-corrected chi connectivity index (χ2v) is 11.6. The van der Waals surface area contributed by atoms with Crippen molar-refractivity contribution in [2.24, 2.45) is 5.92 Å². The molecular weight excluding hydrogens is 458 g/mol. The van der Waals surface area contributed by atoms with Crippen molar-refractivity contribution in [3.8, 4) is 0 Å². The molecule has 0 unspecified atom stereocenters. The van der Waals surface area contributed by atoms with Crippen LogP contribution in [0.15, 0.2) is 23.1 Å². The predicted octanol–water partition coefficient (Wildman–Crippen LogP) is 1.18. The highest BCUT2D eigenvalue weighted by molar-refractivity contribution is 7.89. The van der Waals surface area contributed by atoms with Crippen LogP contribution in [0.25, 0.3) is 0 Å². The van der Waals surface area contributed by atoms with Gasteiger partial charge in [-0.25, -0.2) is 21.1 Å². The van der Waals surface area contributed by atoms with Crippen LogP contribution in [0, 0.1) is 12.8 Å². The van der Waals surface area contributed by atoms with Gasteiger partial charge in [0.25, 0.3) is 5.91 Å². The van der Waals surface area contributed by atoms with Gasteiger partial charge in [-0.2, -0.15) is 4.31 Å². The molecule has 0 atom stereocenters. The number of rotatable bonds is 9. The number of hydrogen-bond acceptors (Lipinski definition) is 7. The number of ether oxygens (including phenoxy) is 1. The van der Waals surface area contributed by atoms with Crippen LogP contribution in [0.4, 0.5) is 5.69 Å². The van der Waals surface area contributed by atoms with Gasteiger partial charge in [0.15, 0.2) is 6.61 Å².